The molecule has 0 radical (unpaired) electrons. The summed E-state index contributed by atoms with van der Waals surface area (Å²) in [5.41, 5.74) is -0.507. The summed E-state index contributed by atoms with van der Waals surface area (Å²) >= 11 is 1.36. The van der Waals surface area contributed by atoms with Gasteiger partial charge in [0.1, 0.15) is 6.61 Å². The predicted molar refractivity (Wildman–Crippen MR) is 196 cm³/mol. The Morgan fingerprint density at radius 1 is 0.815 bits per heavy atom. The van der Waals surface area contributed by atoms with Gasteiger partial charge in [-0.25, -0.2) is 0 Å². The van der Waals surface area contributed by atoms with Gasteiger partial charge in [0.05, 0.1) is 122 Å². The number of esters is 1. The van der Waals surface area contributed by atoms with E-state index in [1.807, 2.05) is 0 Å². The zero-order chi connectivity index (χ0) is 40.0. The number of nitro groups is 1. The fourth-order valence-electron chi connectivity index (χ4n) is 4.60. The molecule has 0 aliphatic heterocycles. The van der Waals surface area contributed by atoms with E-state index < -0.39 is 10.3 Å². The lowest BCUT2D eigenvalue weighted by molar-refractivity contribution is -0.385. The van der Waals surface area contributed by atoms with Crippen LogP contribution in [0.4, 0.5) is 5.69 Å². The van der Waals surface area contributed by atoms with Crippen molar-refractivity contribution in [3.63, 3.8) is 0 Å². The molecule has 0 fully saturated rings. The molecule has 54 heavy (non-hydrogen) atoms. The molecular formula is C34H57N3O16S. The van der Waals surface area contributed by atoms with Gasteiger partial charge in [0.2, 0.25) is 11.8 Å². The number of aliphatic hydroxyl groups excluding tert-OH is 3. The minimum atomic E-state index is -0.772. The summed E-state index contributed by atoms with van der Waals surface area (Å²) in [6.07, 6.45) is 0.431. The topological polar surface area (TPSA) is 253 Å². The van der Waals surface area contributed by atoms with E-state index in [4.69, 9.17) is 53.2 Å². The molecule has 1 rings (SSSR count). The number of aliphatic hydroxyl groups is 3. The van der Waals surface area contributed by atoms with E-state index in [1.54, 1.807) is 6.92 Å². The number of ether oxygens (including phenoxy) is 8. The predicted octanol–water partition coefficient (Wildman–Crippen LogP) is 0.0834. The third kappa shape index (κ3) is 20.9. The van der Waals surface area contributed by atoms with Gasteiger partial charge in [-0.15, -0.1) is 0 Å². The molecule has 1 atom stereocenters. The van der Waals surface area contributed by atoms with Gasteiger partial charge in [0.15, 0.2) is 11.5 Å². The molecule has 20 heteroatoms. The Labute approximate surface area is 319 Å². The molecule has 1 aromatic rings. The van der Waals surface area contributed by atoms with Crippen molar-refractivity contribution < 1.29 is 72.5 Å². The van der Waals surface area contributed by atoms with Gasteiger partial charge in [-0.05, 0) is 12.5 Å². The van der Waals surface area contributed by atoms with Crippen LogP contribution in [0.5, 0.6) is 11.5 Å². The van der Waals surface area contributed by atoms with Crippen molar-refractivity contribution in [3.8, 4) is 11.5 Å². The van der Waals surface area contributed by atoms with Crippen LogP contribution in [0.1, 0.15) is 25.3 Å². The van der Waals surface area contributed by atoms with E-state index in [0.717, 1.165) is 0 Å². The Balaban J connectivity index is 2.37. The lowest BCUT2D eigenvalue weighted by Crippen LogP contribution is -2.42. The molecule has 0 bridgehead atoms. The number of nitrogens with one attached hydrogen (secondary N) is 2. The summed E-state index contributed by atoms with van der Waals surface area (Å²) in [5.74, 6) is -0.207. The highest BCUT2D eigenvalue weighted by Gasteiger charge is 2.32. The van der Waals surface area contributed by atoms with Crippen molar-refractivity contribution in [1.29, 1.82) is 0 Å². The number of carbonyl (C=O) groups is 3. The number of thioether (sulfide) groups is 1. The number of nitrogens with zero attached hydrogens (tertiary/aromatic N) is 1. The fraction of sp³-hybridized carbons (Fsp3) is 0.735. The van der Waals surface area contributed by atoms with Crippen LogP contribution in [0.15, 0.2) is 12.1 Å². The number of rotatable bonds is 34. The summed E-state index contributed by atoms with van der Waals surface area (Å²) in [4.78, 5) is 47.3. The summed E-state index contributed by atoms with van der Waals surface area (Å²) in [5, 5.41) is 44.3. The van der Waals surface area contributed by atoms with Gasteiger partial charge >= 0.3 is 5.97 Å². The number of nitro benzene ring substituents is 1. The van der Waals surface area contributed by atoms with Crippen molar-refractivity contribution in [1.82, 2.24) is 10.6 Å². The van der Waals surface area contributed by atoms with Crippen LogP contribution in [-0.2, 0) is 48.6 Å². The van der Waals surface area contributed by atoms with E-state index in [2.05, 4.69) is 10.6 Å². The van der Waals surface area contributed by atoms with Crippen LogP contribution in [-0.4, -0.2) is 164 Å². The van der Waals surface area contributed by atoms with Crippen molar-refractivity contribution in [2.45, 2.75) is 25.5 Å². The van der Waals surface area contributed by atoms with Gasteiger partial charge in [0, 0.05) is 36.6 Å². The third-order valence-corrected chi connectivity index (χ3v) is 8.56. The first kappa shape index (κ1) is 48.7. The van der Waals surface area contributed by atoms with Gasteiger partial charge in [-0.2, -0.15) is 11.8 Å². The molecule has 0 saturated heterocycles. The third-order valence-electron chi connectivity index (χ3n) is 7.31. The average molecular weight is 796 g/mol. The van der Waals surface area contributed by atoms with Crippen LogP contribution >= 0.6 is 11.8 Å². The van der Waals surface area contributed by atoms with Crippen molar-refractivity contribution in [3.05, 3.63) is 27.8 Å². The molecular weight excluding hydrogens is 738 g/mol. The van der Waals surface area contributed by atoms with Crippen molar-refractivity contribution in [2.75, 3.05) is 126 Å². The smallest absolute Gasteiger partial charge is 0.309 e. The monoisotopic (exact) mass is 795 g/mol. The summed E-state index contributed by atoms with van der Waals surface area (Å²) in [6.45, 7) is 2.52. The lowest BCUT2D eigenvalue weighted by atomic mass is 9.92. The van der Waals surface area contributed by atoms with Gasteiger partial charge in [-0.1, -0.05) is 6.92 Å². The first-order valence-corrected chi connectivity index (χ1v) is 18.6. The molecule has 0 aromatic heterocycles. The fourth-order valence-corrected chi connectivity index (χ4v) is 5.66. The van der Waals surface area contributed by atoms with Crippen molar-refractivity contribution in [2.24, 2.45) is 11.3 Å². The standard InChI is InChI=1S/C34H57N3O16S/c1-26(33(43)47-3)20-54-21-27-17-29(46-2)30(18-28(27)37(44)45)53-11-4-5-31(41)35-6-7-36-32(42)19-48-15-16-52-25-34(22-49-12-8-38,23-50-13-9-39)24-51-14-10-40/h17-18,26,38-40H,4-16,19-25H2,1-3H3,(H,35,41)(H,36,42). The average Bonchev–Trinajstić information content (AvgIpc) is 3.16. The maximum absolute atomic E-state index is 12.3. The maximum Gasteiger partial charge on any atom is 0.309 e. The second kappa shape index (κ2) is 29.9. The minimum absolute atomic E-state index is 0.0942. The first-order valence-electron chi connectivity index (χ1n) is 17.4. The normalized spacial score (nSPS) is 11.9. The van der Waals surface area contributed by atoms with Gasteiger partial charge < -0.3 is 63.8 Å². The lowest BCUT2D eigenvalue weighted by Gasteiger charge is -2.32. The number of hydrogen-bond acceptors (Lipinski definition) is 17. The van der Waals surface area contributed by atoms with Crippen LogP contribution in [0.2, 0.25) is 0 Å². The maximum atomic E-state index is 12.3. The first-order chi connectivity index (χ1) is 26.1. The molecule has 1 unspecified atom stereocenters. The van der Waals surface area contributed by atoms with Crippen LogP contribution in [0.3, 0.4) is 0 Å². The number of carbonyl (C=O) groups excluding carboxylic acids is 3. The Bertz CT molecular complexity index is 1200. The van der Waals surface area contributed by atoms with E-state index in [-0.39, 0.29) is 153 Å². The van der Waals surface area contributed by atoms with Gasteiger partial charge in [0.25, 0.3) is 5.69 Å². The summed E-state index contributed by atoms with van der Waals surface area (Å²) in [7, 11) is 2.72. The van der Waals surface area contributed by atoms with E-state index >= 15 is 0 Å². The van der Waals surface area contributed by atoms with Crippen LogP contribution in [0, 0.1) is 21.4 Å². The van der Waals surface area contributed by atoms with Crippen molar-refractivity contribution >= 4 is 35.2 Å². The number of methoxy groups -OCH3 is 2. The molecule has 19 nitrogen and oxygen atoms in total. The quantitative estimate of drug-likeness (QED) is 0.0268. The summed E-state index contributed by atoms with van der Waals surface area (Å²) in [6, 6.07) is 2.82. The second-order valence-electron chi connectivity index (χ2n) is 11.9. The molecule has 0 saturated carbocycles. The van der Waals surface area contributed by atoms with E-state index in [9.17, 15) is 24.5 Å². The zero-order valence-electron chi connectivity index (χ0n) is 31.4. The minimum Gasteiger partial charge on any atom is -0.493 e. The highest BCUT2D eigenvalue weighted by atomic mass is 32.2. The highest BCUT2D eigenvalue weighted by Crippen LogP contribution is 2.36. The molecule has 1 aromatic carbocycles. The Kier molecular flexibility index (Phi) is 27.0. The Hall–Kier alpha value is -3.34. The second-order valence-corrected chi connectivity index (χ2v) is 12.9. The zero-order valence-corrected chi connectivity index (χ0v) is 32.2. The molecule has 310 valence electrons. The van der Waals surface area contributed by atoms with E-state index in [1.165, 1.54) is 38.1 Å². The molecule has 0 aliphatic carbocycles. The van der Waals surface area contributed by atoms with Gasteiger partial charge in [-0.3, -0.25) is 24.5 Å². The largest absolute Gasteiger partial charge is 0.493 e. The van der Waals surface area contributed by atoms with Crippen LogP contribution in [0.25, 0.3) is 0 Å². The highest BCUT2D eigenvalue weighted by molar-refractivity contribution is 7.98. The Morgan fingerprint density at radius 3 is 1.91 bits per heavy atom. The summed E-state index contributed by atoms with van der Waals surface area (Å²) < 4.78 is 43.4. The number of benzene rings is 1. The van der Waals surface area contributed by atoms with Crippen LogP contribution < -0.4 is 20.1 Å². The molecule has 5 N–H and O–H groups in total. The number of amides is 2. The molecule has 0 heterocycles. The SMILES string of the molecule is COC(=O)C(C)CSCc1cc(OC)c(OCCCC(=O)NCCNC(=O)COCCOCC(COCCO)(COCCO)COCCO)cc1[N+](=O)[O-]. The number of hydrogen-bond donors (Lipinski definition) is 5. The van der Waals surface area contributed by atoms with E-state index in [0.29, 0.717) is 23.5 Å². The molecule has 0 spiro atoms. The molecule has 0 aliphatic rings. The Morgan fingerprint density at radius 2 is 1.37 bits per heavy atom. The molecule has 2 amide bonds.